The lowest BCUT2D eigenvalue weighted by Crippen LogP contribution is -2.45. The zero-order valence-electron chi connectivity index (χ0n) is 19.9. The lowest BCUT2D eigenvalue weighted by Gasteiger charge is -2.27. The van der Waals surface area contributed by atoms with E-state index in [4.69, 9.17) is 5.73 Å². The first-order valence-electron chi connectivity index (χ1n) is 11.7. The van der Waals surface area contributed by atoms with Crippen LogP contribution in [0.2, 0.25) is 0 Å². The number of para-hydroxylation sites is 2. The molecular formula is C28H31N3O3. The minimum absolute atomic E-state index is 0.0658. The van der Waals surface area contributed by atoms with Gasteiger partial charge in [0.25, 0.3) is 0 Å². The summed E-state index contributed by atoms with van der Waals surface area (Å²) in [6.45, 7) is 6.09. The van der Waals surface area contributed by atoms with Crippen LogP contribution in [0.1, 0.15) is 32.8 Å². The Labute approximate surface area is 200 Å². The smallest absolute Gasteiger partial charge is 0.233 e. The highest BCUT2D eigenvalue weighted by molar-refractivity contribution is 6.07. The number of rotatable bonds is 6. The van der Waals surface area contributed by atoms with E-state index < -0.39 is 17.7 Å². The van der Waals surface area contributed by atoms with Crippen LogP contribution in [-0.4, -0.2) is 24.3 Å². The Hall–Kier alpha value is -3.67. The second-order valence-electron chi connectivity index (χ2n) is 9.45. The average molecular weight is 458 g/mol. The fourth-order valence-electron chi connectivity index (χ4n) is 4.64. The van der Waals surface area contributed by atoms with Gasteiger partial charge in [0.05, 0.1) is 23.8 Å². The van der Waals surface area contributed by atoms with Crippen molar-refractivity contribution in [1.29, 1.82) is 0 Å². The number of carbonyl (C=O) groups is 3. The first-order valence-corrected chi connectivity index (χ1v) is 11.7. The molecule has 0 aromatic heterocycles. The second kappa shape index (κ2) is 9.67. The van der Waals surface area contributed by atoms with Gasteiger partial charge in [-0.25, -0.2) is 0 Å². The maximum Gasteiger partial charge on any atom is 0.233 e. The number of benzene rings is 3. The number of fused-ring (bicyclic) bond motifs is 2. The summed E-state index contributed by atoms with van der Waals surface area (Å²) in [6.07, 6.45) is 0.351. The van der Waals surface area contributed by atoms with Gasteiger partial charge in [0.15, 0.2) is 0 Å². The Bertz CT molecular complexity index is 1230. The topological polar surface area (TPSA) is 83.7 Å². The molecule has 0 spiro atoms. The van der Waals surface area contributed by atoms with Gasteiger partial charge in [0, 0.05) is 18.9 Å². The van der Waals surface area contributed by atoms with E-state index in [1.165, 1.54) is 0 Å². The molecule has 1 aliphatic heterocycles. The van der Waals surface area contributed by atoms with Gasteiger partial charge in [-0.2, -0.15) is 0 Å². The number of nitrogens with two attached hydrogens (primary N) is 1. The molecular weight excluding hydrogens is 426 g/mol. The summed E-state index contributed by atoms with van der Waals surface area (Å²) in [5.41, 5.74) is 7.99. The molecule has 1 heterocycles. The van der Waals surface area contributed by atoms with E-state index in [0.29, 0.717) is 24.3 Å². The summed E-state index contributed by atoms with van der Waals surface area (Å²) < 4.78 is 0. The fourth-order valence-corrected chi connectivity index (χ4v) is 4.64. The number of anilines is 2. The molecule has 0 bridgehead atoms. The molecule has 6 heteroatoms. The van der Waals surface area contributed by atoms with Gasteiger partial charge < -0.3 is 15.5 Å². The van der Waals surface area contributed by atoms with Crippen LogP contribution in [0.3, 0.4) is 0 Å². The van der Waals surface area contributed by atoms with Crippen LogP contribution >= 0.6 is 0 Å². The predicted octanol–water partition coefficient (Wildman–Crippen LogP) is 4.50. The fraction of sp³-hybridized carbons (Fsp3) is 0.321. The zero-order chi connectivity index (χ0) is 24.4. The average Bonchev–Trinajstić information content (AvgIpc) is 2.93. The first-order chi connectivity index (χ1) is 16.3. The van der Waals surface area contributed by atoms with E-state index in [1.54, 1.807) is 16.7 Å². The number of primary amides is 1. The Balaban J connectivity index is 1.85. The molecule has 0 aliphatic carbocycles. The van der Waals surface area contributed by atoms with Crippen molar-refractivity contribution in [1.82, 2.24) is 0 Å². The maximum absolute atomic E-state index is 14.0. The van der Waals surface area contributed by atoms with Crippen LogP contribution in [0.4, 0.5) is 11.4 Å². The van der Waals surface area contributed by atoms with Gasteiger partial charge in [0.1, 0.15) is 0 Å². The van der Waals surface area contributed by atoms with Gasteiger partial charge in [0.2, 0.25) is 17.7 Å². The molecule has 4 rings (SSSR count). The van der Waals surface area contributed by atoms with Crippen molar-refractivity contribution < 1.29 is 14.4 Å². The van der Waals surface area contributed by atoms with Gasteiger partial charge in [-0.1, -0.05) is 75.4 Å². The summed E-state index contributed by atoms with van der Waals surface area (Å²) in [4.78, 5) is 42.8. The van der Waals surface area contributed by atoms with E-state index in [1.807, 2.05) is 80.6 Å². The number of amides is 3. The van der Waals surface area contributed by atoms with E-state index >= 15 is 0 Å². The normalized spacial score (nSPS) is 16.9. The molecule has 0 saturated carbocycles. The molecule has 3 amide bonds. The predicted molar refractivity (Wildman–Crippen MR) is 135 cm³/mol. The SMILES string of the molecule is CC(C)CC(=O)N1C[C@H](C(C)C(N)=O)C(=O)N(Cc2cccc3ccccc23)c2ccccc21. The Morgan fingerprint density at radius 3 is 2.29 bits per heavy atom. The highest BCUT2D eigenvalue weighted by atomic mass is 16.2. The van der Waals surface area contributed by atoms with Crippen molar-refractivity contribution in [2.45, 2.75) is 33.7 Å². The van der Waals surface area contributed by atoms with Crippen LogP contribution < -0.4 is 15.5 Å². The largest absolute Gasteiger partial charge is 0.369 e. The highest BCUT2D eigenvalue weighted by Gasteiger charge is 2.40. The molecule has 1 unspecified atom stereocenters. The molecule has 0 radical (unpaired) electrons. The minimum Gasteiger partial charge on any atom is -0.369 e. The van der Waals surface area contributed by atoms with Gasteiger partial charge in [-0.3, -0.25) is 14.4 Å². The van der Waals surface area contributed by atoms with Crippen LogP contribution in [-0.2, 0) is 20.9 Å². The standard InChI is InChI=1S/C28H31N3O3/c1-18(2)15-26(32)30-17-23(19(3)27(29)33)28(34)31(25-14-7-6-13-24(25)30)16-21-11-8-10-20-9-4-5-12-22(20)21/h4-14,18-19,23H,15-17H2,1-3H3,(H2,29,33)/t19?,23-/m1/s1. The second-order valence-corrected chi connectivity index (χ2v) is 9.45. The van der Waals surface area contributed by atoms with Crippen molar-refractivity contribution in [2.24, 2.45) is 23.5 Å². The van der Waals surface area contributed by atoms with Crippen molar-refractivity contribution in [3.8, 4) is 0 Å². The quantitative estimate of drug-likeness (QED) is 0.591. The number of hydrogen-bond donors (Lipinski definition) is 1. The molecule has 6 nitrogen and oxygen atoms in total. The molecule has 2 atom stereocenters. The van der Waals surface area contributed by atoms with Crippen molar-refractivity contribution in [3.05, 3.63) is 72.3 Å². The van der Waals surface area contributed by atoms with Crippen molar-refractivity contribution in [2.75, 3.05) is 16.3 Å². The van der Waals surface area contributed by atoms with Crippen LogP contribution in [0.25, 0.3) is 10.8 Å². The van der Waals surface area contributed by atoms with Gasteiger partial charge in [-0.05, 0) is 34.4 Å². The van der Waals surface area contributed by atoms with Crippen LogP contribution in [0.15, 0.2) is 66.7 Å². The Morgan fingerprint density at radius 1 is 0.941 bits per heavy atom. The summed E-state index contributed by atoms with van der Waals surface area (Å²) in [5.74, 6) is -2.11. The molecule has 0 fully saturated rings. The molecule has 34 heavy (non-hydrogen) atoms. The monoisotopic (exact) mass is 457 g/mol. The van der Waals surface area contributed by atoms with Crippen molar-refractivity contribution in [3.63, 3.8) is 0 Å². The number of nitrogens with zero attached hydrogens (tertiary/aromatic N) is 2. The van der Waals surface area contributed by atoms with Gasteiger partial charge >= 0.3 is 0 Å². The van der Waals surface area contributed by atoms with E-state index in [9.17, 15) is 14.4 Å². The lowest BCUT2D eigenvalue weighted by atomic mass is 9.91. The first kappa shape index (κ1) is 23.5. The molecule has 1 aliphatic rings. The Morgan fingerprint density at radius 2 is 1.59 bits per heavy atom. The zero-order valence-corrected chi connectivity index (χ0v) is 19.9. The highest BCUT2D eigenvalue weighted by Crippen LogP contribution is 2.38. The van der Waals surface area contributed by atoms with E-state index in [2.05, 4.69) is 0 Å². The Kier molecular flexibility index (Phi) is 6.68. The minimum atomic E-state index is -0.740. The van der Waals surface area contributed by atoms with Gasteiger partial charge in [-0.15, -0.1) is 0 Å². The maximum atomic E-state index is 14.0. The molecule has 2 N–H and O–H groups in total. The van der Waals surface area contributed by atoms with Crippen LogP contribution in [0.5, 0.6) is 0 Å². The summed E-state index contributed by atoms with van der Waals surface area (Å²) in [5, 5.41) is 2.15. The van der Waals surface area contributed by atoms with Crippen LogP contribution in [0, 0.1) is 17.8 Å². The molecule has 3 aromatic carbocycles. The molecule has 3 aromatic rings. The third kappa shape index (κ3) is 4.53. The van der Waals surface area contributed by atoms with E-state index in [-0.39, 0.29) is 24.3 Å². The van der Waals surface area contributed by atoms with Crippen molar-refractivity contribution >= 4 is 39.9 Å². The molecule has 176 valence electrons. The molecule has 0 saturated heterocycles. The number of carbonyl (C=O) groups excluding carboxylic acids is 3. The van der Waals surface area contributed by atoms with E-state index in [0.717, 1.165) is 16.3 Å². The summed E-state index contributed by atoms with van der Waals surface area (Å²) in [7, 11) is 0. The summed E-state index contributed by atoms with van der Waals surface area (Å²) >= 11 is 0. The lowest BCUT2D eigenvalue weighted by molar-refractivity contribution is -0.131. The third-order valence-corrected chi connectivity index (χ3v) is 6.57. The summed E-state index contributed by atoms with van der Waals surface area (Å²) in [6, 6.07) is 21.6. The number of hydrogen-bond acceptors (Lipinski definition) is 3. The third-order valence-electron chi connectivity index (χ3n) is 6.57.